The molecule has 2 amide bonds. The van der Waals surface area contributed by atoms with Crippen LogP contribution in [0.5, 0.6) is 0 Å². The van der Waals surface area contributed by atoms with Crippen molar-refractivity contribution in [2.24, 2.45) is 5.92 Å². The number of amides is 2. The molecule has 2 heterocycles. The zero-order valence-corrected chi connectivity index (χ0v) is 13.6. The van der Waals surface area contributed by atoms with Crippen LogP contribution in [0.4, 0.5) is 0 Å². The van der Waals surface area contributed by atoms with E-state index in [-0.39, 0.29) is 17.7 Å². The molecule has 1 saturated heterocycles. The number of carbonyl (C=O) groups is 2. The maximum atomic E-state index is 12.5. The smallest absolute Gasteiger partial charge is 0.225 e. The van der Waals surface area contributed by atoms with Gasteiger partial charge in [0.15, 0.2) is 0 Å². The van der Waals surface area contributed by atoms with Crippen molar-refractivity contribution in [1.29, 1.82) is 0 Å². The number of aryl methyl sites for hydroxylation is 2. The van der Waals surface area contributed by atoms with Crippen LogP contribution in [0.3, 0.4) is 0 Å². The lowest BCUT2D eigenvalue weighted by Gasteiger charge is -2.23. The Kier molecular flexibility index (Phi) is 5.54. The molecule has 1 aromatic rings. The molecule has 7 nitrogen and oxygen atoms in total. The average Bonchev–Trinajstić information content (AvgIpc) is 2.80. The van der Waals surface area contributed by atoms with Crippen molar-refractivity contribution in [3.05, 3.63) is 18.0 Å². The first-order chi connectivity index (χ1) is 10.5. The summed E-state index contributed by atoms with van der Waals surface area (Å²) in [7, 11) is 3.62. The number of hydrogen-bond acceptors (Lipinski definition) is 4. The number of nitrogens with one attached hydrogen (secondary N) is 1. The summed E-state index contributed by atoms with van der Waals surface area (Å²) >= 11 is 0. The normalized spacial score (nSPS) is 19.8. The van der Waals surface area contributed by atoms with Gasteiger partial charge in [-0.15, -0.1) is 0 Å². The van der Waals surface area contributed by atoms with E-state index < -0.39 is 0 Å². The molecular weight excluding hydrogens is 282 g/mol. The van der Waals surface area contributed by atoms with Gasteiger partial charge in [0.25, 0.3) is 0 Å². The van der Waals surface area contributed by atoms with E-state index >= 15 is 0 Å². The van der Waals surface area contributed by atoms with Gasteiger partial charge in [0.2, 0.25) is 11.8 Å². The Bertz CT molecular complexity index is 528. The molecule has 0 aromatic carbocycles. The van der Waals surface area contributed by atoms with Crippen molar-refractivity contribution in [1.82, 2.24) is 24.9 Å². The van der Waals surface area contributed by atoms with Crippen LogP contribution in [0.1, 0.15) is 12.1 Å². The fourth-order valence-corrected chi connectivity index (χ4v) is 2.76. The third kappa shape index (κ3) is 4.07. The molecule has 0 saturated carbocycles. The Morgan fingerprint density at radius 1 is 1.36 bits per heavy atom. The number of aromatic nitrogens is 2. The van der Waals surface area contributed by atoms with Crippen LogP contribution >= 0.6 is 0 Å². The zero-order valence-electron chi connectivity index (χ0n) is 13.6. The molecule has 0 radical (unpaired) electrons. The van der Waals surface area contributed by atoms with Crippen molar-refractivity contribution >= 4 is 11.8 Å². The van der Waals surface area contributed by atoms with E-state index in [4.69, 9.17) is 0 Å². The minimum absolute atomic E-state index is 0.00512. The predicted molar refractivity (Wildman–Crippen MR) is 83.2 cm³/mol. The van der Waals surface area contributed by atoms with E-state index in [0.717, 1.165) is 12.2 Å². The number of likely N-dealkylation sites (N-methyl/N-ethyl adjacent to an activating group) is 1. The van der Waals surface area contributed by atoms with Crippen LogP contribution in [0.2, 0.25) is 0 Å². The highest BCUT2D eigenvalue weighted by molar-refractivity contribution is 5.81. The van der Waals surface area contributed by atoms with E-state index in [1.54, 1.807) is 13.2 Å². The van der Waals surface area contributed by atoms with Gasteiger partial charge in [0.05, 0.1) is 5.92 Å². The maximum absolute atomic E-state index is 12.5. The van der Waals surface area contributed by atoms with Crippen LogP contribution in [0, 0.1) is 12.8 Å². The third-order valence-corrected chi connectivity index (χ3v) is 4.16. The molecule has 122 valence electrons. The number of hydrogen-bond donors (Lipinski definition) is 1. The number of nitrogens with zero attached hydrogens (tertiary/aromatic N) is 4. The third-order valence-electron chi connectivity index (χ3n) is 4.16. The molecule has 22 heavy (non-hydrogen) atoms. The summed E-state index contributed by atoms with van der Waals surface area (Å²) in [6.45, 7) is 5.18. The van der Waals surface area contributed by atoms with Crippen molar-refractivity contribution in [3.8, 4) is 0 Å². The highest BCUT2D eigenvalue weighted by Gasteiger charge is 2.28. The molecule has 1 N–H and O–H groups in total. The molecule has 0 spiro atoms. The first-order valence-corrected chi connectivity index (χ1v) is 7.67. The average molecular weight is 307 g/mol. The summed E-state index contributed by atoms with van der Waals surface area (Å²) in [5.74, 6) is -0.0959. The van der Waals surface area contributed by atoms with Gasteiger partial charge in [-0.2, -0.15) is 5.10 Å². The molecule has 7 heteroatoms. The first kappa shape index (κ1) is 16.5. The summed E-state index contributed by atoms with van der Waals surface area (Å²) in [6, 6.07) is 1.92. The molecule has 1 fully saturated rings. The van der Waals surface area contributed by atoms with Crippen molar-refractivity contribution in [3.63, 3.8) is 0 Å². The molecule has 1 unspecified atom stereocenters. The summed E-state index contributed by atoms with van der Waals surface area (Å²) in [4.78, 5) is 28.3. The number of carbonyl (C=O) groups excluding carboxylic acids is 2. The monoisotopic (exact) mass is 307 g/mol. The lowest BCUT2D eigenvalue weighted by Crippen LogP contribution is -2.41. The molecule has 2 rings (SSSR count). The van der Waals surface area contributed by atoms with Gasteiger partial charge < -0.3 is 15.1 Å². The Hall–Kier alpha value is -1.89. The Morgan fingerprint density at radius 3 is 2.77 bits per heavy atom. The summed E-state index contributed by atoms with van der Waals surface area (Å²) in [5, 5.41) is 6.88. The lowest BCUT2D eigenvalue weighted by molar-refractivity contribution is -0.133. The van der Waals surface area contributed by atoms with Crippen LogP contribution in [0.15, 0.2) is 12.3 Å². The van der Waals surface area contributed by atoms with Crippen LogP contribution < -0.4 is 5.32 Å². The quantitative estimate of drug-likeness (QED) is 0.830. The van der Waals surface area contributed by atoms with Crippen LogP contribution in [-0.4, -0.2) is 71.7 Å². The Balaban J connectivity index is 1.95. The zero-order chi connectivity index (χ0) is 16.1. The molecule has 1 aliphatic heterocycles. The fourth-order valence-electron chi connectivity index (χ4n) is 2.76. The van der Waals surface area contributed by atoms with Gasteiger partial charge in [-0.25, -0.2) is 0 Å². The molecule has 1 aliphatic rings. The Morgan fingerprint density at radius 2 is 2.14 bits per heavy atom. The molecule has 1 atom stereocenters. The maximum Gasteiger partial charge on any atom is 0.225 e. The summed E-state index contributed by atoms with van der Waals surface area (Å²) < 4.78 is 1.83. The van der Waals surface area contributed by atoms with Crippen molar-refractivity contribution in [2.75, 3.05) is 40.3 Å². The molecule has 0 aliphatic carbocycles. The van der Waals surface area contributed by atoms with Gasteiger partial charge in [0, 0.05) is 58.1 Å². The van der Waals surface area contributed by atoms with E-state index in [0.29, 0.717) is 32.6 Å². The first-order valence-electron chi connectivity index (χ1n) is 7.67. The van der Waals surface area contributed by atoms with Gasteiger partial charge >= 0.3 is 0 Å². The van der Waals surface area contributed by atoms with E-state index in [1.165, 1.54) is 0 Å². The highest BCUT2D eigenvalue weighted by atomic mass is 16.2. The van der Waals surface area contributed by atoms with Gasteiger partial charge in [-0.1, -0.05) is 0 Å². The van der Waals surface area contributed by atoms with E-state index in [1.807, 2.05) is 29.6 Å². The minimum Gasteiger partial charge on any atom is -0.359 e. The SMILES string of the molecule is CNC(=O)C1CN(C)CCN(C(=O)CCn2nccc2C)C1. The van der Waals surface area contributed by atoms with Gasteiger partial charge in [-0.3, -0.25) is 14.3 Å². The topological polar surface area (TPSA) is 70.5 Å². The summed E-state index contributed by atoms with van der Waals surface area (Å²) in [6.07, 6.45) is 2.15. The standard InChI is InChI=1S/C15H25N5O2/c1-12-4-6-17-20(12)7-5-14(21)19-9-8-18(3)10-13(11-19)15(22)16-2/h4,6,13H,5,7-11H2,1-3H3,(H,16,22). The van der Waals surface area contributed by atoms with Gasteiger partial charge in [-0.05, 0) is 20.0 Å². The second-order valence-corrected chi connectivity index (χ2v) is 5.86. The van der Waals surface area contributed by atoms with Crippen molar-refractivity contribution < 1.29 is 9.59 Å². The van der Waals surface area contributed by atoms with E-state index in [2.05, 4.69) is 15.3 Å². The van der Waals surface area contributed by atoms with Crippen LogP contribution in [0.25, 0.3) is 0 Å². The molecule has 1 aromatic heterocycles. The second-order valence-electron chi connectivity index (χ2n) is 5.86. The van der Waals surface area contributed by atoms with E-state index in [9.17, 15) is 9.59 Å². The summed E-state index contributed by atoms with van der Waals surface area (Å²) in [5.41, 5.74) is 1.05. The van der Waals surface area contributed by atoms with Gasteiger partial charge in [0.1, 0.15) is 0 Å². The molecule has 0 bridgehead atoms. The largest absolute Gasteiger partial charge is 0.359 e. The highest BCUT2D eigenvalue weighted by Crippen LogP contribution is 2.11. The second kappa shape index (κ2) is 7.40. The van der Waals surface area contributed by atoms with Crippen molar-refractivity contribution in [2.45, 2.75) is 19.9 Å². The fraction of sp³-hybridized carbons (Fsp3) is 0.667. The predicted octanol–water partition coefficient (Wildman–Crippen LogP) is -0.282. The minimum atomic E-state index is -0.173. The number of rotatable bonds is 4. The Labute approximate surface area is 131 Å². The van der Waals surface area contributed by atoms with Crippen LogP contribution in [-0.2, 0) is 16.1 Å². The molecular formula is C15H25N5O2. The lowest BCUT2D eigenvalue weighted by atomic mass is 10.1.